The Kier molecular flexibility index (Phi) is 4.90. The molecule has 0 radical (unpaired) electrons. The first-order valence-electron chi connectivity index (χ1n) is 4.82. The van der Waals surface area contributed by atoms with Crippen molar-refractivity contribution in [3.05, 3.63) is 24.3 Å². The fourth-order valence-electron chi connectivity index (χ4n) is 1.19. The van der Waals surface area contributed by atoms with Crippen molar-refractivity contribution in [2.24, 2.45) is 5.73 Å². The number of benzene rings is 1. The van der Waals surface area contributed by atoms with Crippen molar-refractivity contribution in [2.45, 2.75) is 17.4 Å². The molecule has 1 amide bonds. The van der Waals surface area contributed by atoms with Gasteiger partial charge in [0.2, 0.25) is 5.91 Å². The first-order valence-corrected chi connectivity index (χ1v) is 6.04. The van der Waals surface area contributed by atoms with Crippen molar-refractivity contribution in [1.82, 2.24) is 0 Å². The van der Waals surface area contributed by atoms with E-state index in [1.54, 1.807) is 11.8 Å². The van der Waals surface area contributed by atoms with Crippen molar-refractivity contribution in [2.75, 3.05) is 11.6 Å². The standard InChI is InChI=1S/C12H14N2OS/c1-3-6-9(13)12(15)14-10-7-4-5-8-11(10)16-2/h1,4-5,7-9H,6,13H2,2H3,(H,14,15). The van der Waals surface area contributed by atoms with Crippen LogP contribution in [0.25, 0.3) is 0 Å². The molecule has 0 aromatic heterocycles. The zero-order valence-electron chi connectivity index (χ0n) is 9.07. The highest BCUT2D eigenvalue weighted by Gasteiger charge is 2.13. The number of anilines is 1. The van der Waals surface area contributed by atoms with Gasteiger partial charge in [-0.3, -0.25) is 4.79 Å². The highest BCUT2D eigenvalue weighted by Crippen LogP contribution is 2.24. The Morgan fingerprint density at radius 2 is 2.31 bits per heavy atom. The van der Waals surface area contributed by atoms with Gasteiger partial charge in [-0.05, 0) is 18.4 Å². The minimum Gasteiger partial charge on any atom is -0.324 e. The van der Waals surface area contributed by atoms with Gasteiger partial charge in [-0.2, -0.15) is 0 Å². The van der Waals surface area contributed by atoms with Crippen molar-refractivity contribution >= 4 is 23.4 Å². The van der Waals surface area contributed by atoms with Crippen LogP contribution in [0.5, 0.6) is 0 Å². The van der Waals surface area contributed by atoms with Gasteiger partial charge in [-0.15, -0.1) is 24.1 Å². The predicted molar refractivity (Wildman–Crippen MR) is 68.3 cm³/mol. The minimum atomic E-state index is -0.653. The summed E-state index contributed by atoms with van der Waals surface area (Å²) in [4.78, 5) is 12.6. The third kappa shape index (κ3) is 3.30. The summed E-state index contributed by atoms with van der Waals surface area (Å²) in [7, 11) is 0. The average Bonchev–Trinajstić information content (AvgIpc) is 2.30. The topological polar surface area (TPSA) is 55.1 Å². The molecule has 0 bridgehead atoms. The SMILES string of the molecule is C#CCC(N)C(=O)Nc1ccccc1SC. The fourth-order valence-corrected chi connectivity index (χ4v) is 1.75. The number of nitrogens with two attached hydrogens (primary N) is 1. The smallest absolute Gasteiger partial charge is 0.242 e. The largest absolute Gasteiger partial charge is 0.324 e. The van der Waals surface area contributed by atoms with E-state index in [0.717, 1.165) is 10.6 Å². The summed E-state index contributed by atoms with van der Waals surface area (Å²) in [6, 6.07) is 6.91. The van der Waals surface area contributed by atoms with E-state index >= 15 is 0 Å². The maximum absolute atomic E-state index is 11.6. The molecule has 0 spiro atoms. The monoisotopic (exact) mass is 234 g/mol. The summed E-state index contributed by atoms with van der Waals surface area (Å²) in [5.41, 5.74) is 6.38. The number of para-hydroxylation sites is 1. The number of thioether (sulfide) groups is 1. The Bertz CT molecular complexity index is 412. The molecule has 1 rings (SSSR count). The molecule has 16 heavy (non-hydrogen) atoms. The molecule has 0 heterocycles. The van der Waals surface area contributed by atoms with Crippen LogP contribution in [0.15, 0.2) is 29.2 Å². The third-order valence-corrected chi connectivity index (χ3v) is 2.84. The Hall–Kier alpha value is -1.44. The lowest BCUT2D eigenvalue weighted by molar-refractivity contribution is -0.117. The minimum absolute atomic E-state index is 0.243. The van der Waals surface area contributed by atoms with E-state index in [2.05, 4.69) is 11.2 Å². The first-order chi connectivity index (χ1) is 7.69. The summed E-state index contributed by atoms with van der Waals surface area (Å²) in [5, 5.41) is 2.77. The van der Waals surface area contributed by atoms with Crippen molar-refractivity contribution in [3.63, 3.8) is 0 Å². The molecular formula is C12H14N2OS. The number of amides is 1. The number of nitrogens with one attached hydrogen (secondary N) is 1. The molecule has 0 aliphatic heterocycles. The van der Waals surface area contributed by atoms with Crippen LogP contribution in [0.3, 0.4) is 0 Å². The lowest BCUT2D eigenvalue weighted by atomic mass is 10.2. The molecule has 1 aromatic rings. The zero-order valence-corrected chi connectivity index (χ0v) is 9.88. The fraction of sp³-hybridized carbons (Fsp3) is 0.250. The van der Waals surface area contributed by atoms with E-state index in [-0.39, 0.29) is 12.3 Å². The summed E-state index contributed by atoms with van der Waals surface area (Å²) >= 11 is 1.57. The number of terminal acetylenes is 1. The Morgan fingerprint density at radius 3 is 2.94 bits per heavy atom. The van der Waals surface area contributed by atoms with Crippen LogP contribution < -0.4 is 11.1 Å². The second-order valence-electron chi connectivity index (χ2n) is 3.20. The highest BCUT2D eigenvalue weighted by molar-refractivity contribution is 7.98. The van der Waals surface area contributed by atoms with E-state index in [1.807, 2.05) is 30.5 Å². The van der Waals surface area contributed by atoms with Gasteiger partial charge in [-0.25, -0.2) is 0 Å². The van der Waals surface area contributed by atoms with Gasteiger partial charge in [0.1, 0.15) is 0 Å². The van der Waals surface area contributed by atoms with E-state index in [9.17, 15) is 4.79 Å². The molecule has 4 heteroatoms. The molecule has 0 saturated heterocycles. The first kappa shape index (κ1) is 12.6. The van der Waals surface area contributed by atoms with Crippen molar-refractivity contribution in [3.8, 4) is 12.3 Å². The second kappa shape index (κ2) is 6.21. The van der Waals surface area contributed by atoms with E-state index in [0.29, 0.717) is 0 Å². The van der Waals surface area contributed by atoms with Crippen LogP contribution in [0.2, 0.25) is 0 Å². The molecule has 3 nitrogen and oxygen atoms in total. The Morgan fingerprint density at radius 1 is 1.62 bits per heavy atom. The molecule has 0 saturated carbocycles. The molecule has 1 unspecified atom stereocenters. The highest BCUT2D eigenvalue weighted by atomic mass is 32.2. The molecular weight excluding hydrogens is 220 g/mol. The summed E-state index contributed by atoms with van der Waals surface area (Å²) in [6.07, 6.45) is 7.30. The number of hydrogen-bond acceptors (Lipinski definition) is 3. The van der Waals surface area contributed by atoms with Gasteiger partial charge in [0.25, 0.3) is 0 Å². The van der Waals surface area contributed by atoms with Crippen LogP contribution in [-0.4, -0.2) is 18.2 Å². The van der Waals surface area contributed by atoms with Gasteiger partial charge in [0.15, 0.2) is 0 Å². The molecule has 0 fully saturated rings. The van der Waals surface area contributed by atoms with Gasteiger partial charge >= 0.3 is 0 Å². The quantitative estimate of drug-likeness (QED) is 0.616. The van der Waals surface area contributed by atoms with Crippen molar-refractivity contribution < 1.29 is 4.79 Å². The van der Waals surface area contributed by atoms with Gasteiger partial charge < -0.3 is 11.1 Å². The third-order valence-electron chi connectivity index (χ3n) is 2.04. The van der Waals surface area contributed by atoms with Crippen LogP contribution in [0.1, 0.15) is 6.42 Å². The van der Waals surface area contributed by atoms with Gasteiger partial charge in [0, 0.05) is 11.3 Å². The normalized spacial score (nSPS) is 11.6. The summed E-state index contributed by atoms with van der Waals surface area (Å²) < 4.78 is 0. The number of carbonyl (C=O) groups is 1. The molecule has 3 N–H and O–H groups in total. The van der Waals surface area contributed by atoms with Gasteiger partial charge in [0.05, 0.1) is 11.7 Å². The number of carbonyl (C=O) groups excluding carboxylic acids is 1. The lowest BCUT2D eigenvalue weighted by Crippen LogP contribution is -2.35. The average molecular weight is 234 g/mol. The molecule has 84 valence electrons. The van der Waals surface area contributed by atoms with Crippen LogP contribution in [0.4, 0.5) is 5.69 Å². The summed E-state index contributed by atoms with van der Waals surface area (Å²) in [5.74, 6) is 2.12. The maximum atomic E-state index is 11.6. The molecule has 0 aliphatic carbocycles. The molecule has 1 aromatic carbocycles. The van der Waals surface area contributed by atoms with E-state index in [1.165, 1.54) is 0 Å². The Labute approximate surface area is 99.8 Å². The van der Waals surface area contributed by atoms with E-state index in [4.69, 9.17) is 12.2 Å². The second-order valence-corrected chi connectivity index (χ2v) is 4.05. The Balaban J connectivity index is 2.73. The molecule has 0 aliphatic rings. The number of rotatable bonds is 4. The maximum Gasteiger partial charge on any atom is 0.242 e. The van der Waals surface area contributed by atoms with Crippen LogP contribution >= 0.6 is 11.8 Å². The van der Waals surface area contributed by atoms with E-state index < -0.39 is 6.04 Å². The lowest BCUT2D eigenvalue weighted by Gasteiger charge is -2.12. The predicted octanol–water partition coefficient (Wildman–Crippen LogP) is 1.70. The van der Waals surface area contributed by atoms with Gasteiger partial charge in [-0.1, -0.05) is 12.1 Å². The van der Waals surface area contributed by atoms with Crippen molar-refractivity contribution in [1.29, 1.82) is 0 Å². The van der Waals surface area contributed by atoms with Crippen LogP contribution in [0, 0.1) is 12.3 Å². The van der Waals surface area contributed by atoms with Crippen LogP contribution in [-0.2, 0) is 4.79 Å². The number of hydrogen-bond donors (Lipinski definition) is 2. The summed E-state index contributed by atoms with van der Waals surface area (Å²) in [6.45, 7) is 0. The zero-order chi connectivity index (χ0) is 12.0. The molecule has 1 atom stereocenters.